The number of hydrogen-bond donors (Lipinski definition) is 1. The van der Waals surface area contributed by atoms with Crippen LogP contribution in [0.25, 0.3) is 11.0 Å². The second-order valence-electron chi connectivity index (χ2n) is 4.99. The van der Waals surface area contributed by atoms with Gasteiger partial charge in [-0.2, -0.15) is 0 Å². The normalized spacial score (nSPS) is 10.7. The number of ether oxygens (including phenoxy) is 1. The average Bonchev–Trinajstić information content (AvgIpc) is 2.85. The Morgan fingerprint density at radius 2 is 2.04 bits per heavy atom. The lowest BCUT2D eigenvalue weighted by Gasteiger charge is -2.07. The van der Waals surface area contributed by atoms with Gasteiger partial charge in [0.1, 0.15) is 22.7 Å². The molecule has 1 amide bonds. The monoisotopic (exact) mass is 314 g/mol. The number of benzene rings is 1. The highest BCUT2D eigenvalue weighted by Crippen LogP contribution is 2.24. The number of amides is 1. The summed E-state index contributed by atoms with van der Waals surface area (Å²) in [5.74, 6) is 0.580. The van der Waals surface area contributed by atoms with Crippen LogP contribution in [0, 0.1) is 13.8 Å². The fourth-order valence-corrected chi connectivity index (χ4v) is 2.30. The van der Waals surface area contributed by atoms with Gasteiger partial charge >= 0.3 is 5.63 Å². The predicted octanol–water partition coefficient (Wildman–Crippen LogP) is 2.66. The van der Waals surface area contributed by atoms with Crippen molar-refractivity contribution in [1.29, 1.82) is 0 Å². The van der Waals surface area contributed by atoms with Gasteiger partial charge in [-0.25, -0.2) is 4.79 Å². The van der Waals surface area contributed by atoms with Gasteiger partial charge in [0, 0.05) is 17.5 Å². The molecule has 118 valence electrons. The number of aryl methyl sites for hydroxylation is 2. The first-order valence-corrected chi connectivity index (χ1v) is 6.85. The molecule has 2 aromatic heterocycles. The second-order valence-corrected chi connectivity index (χ2v) is 4.99. The first kappa shape index (κ1) is 14.8. The van der Waals surface area contributed by atoms with Crippen LogP contribution in [-0.2, 0) is 0 Å². The molecule has 7 heteroatoms. The van der Waals surface area contributed by atoms with E-state index in [1.54, 1.807) is 32.0 Å². The molecule has 0 fully saturated rings. The molecule has 1 aromatic carbocycles. The predicted molar refractivity (Wildman–Crippen MR) is 83.0 cm³/mol. The van der Waals surface area contributed by atoms with Crippen LogP contribution in [0.4, 0.5) is 5.69 Å². The van der Waals surface area contributed by atoms with Crippen molar-refractivity contribution in [2.24, 2.45) is 0 Å². The number of anilines is 1. The number of nitrogens with one attached hydrogen (secondary N) is 1. The van der Waals surface area contributed by atoms with Crippen LogP contribution in [-0.4, -0.2) is 18.2 Å². The van der Waals surface area contributed by atoms with Crippen LogP contribution in [0.15, 0.2) is 38.0 Å². The summed E-state index contributed by atoms with van der Waals surface area (Å²) in [4.78, 5) is 24.3. The summed E-state index contributed by atoms with van der Waals surface area (Å²) in [6, 6.07) is 6.07. The number of carbonyl (C=O) groups excluding carboxylic acids is 1. The number of rotatable bonds is 3. The molecule has 0 atom stereocenters. The van der Waals surface area contributed by atoms with Crippen LogP contribution in [0.1, 0.15) is 21.8 Å². The molecule has 2 heterocycles. The van der Waals surface area contributed by atoms with Gasteiger partial charge in [-0.1, -0.05) is 5.16 Å². The summed E-state index contributed by atoms with van der Waals surface area (Å²) < 4.78 is 15.2. The third-order valence-corrected chi connectivity index (χ3v) is 3.47. The van der Waals surface area contributed by atoms with E-state index < -0.39 is 11.5 Å². The summed E-state index contributed by atoms with van der Waals surface area (Å²) in [7, 11) is 1.51. The quantitative estimate of drug-likeness (QED) is 0.747. The lowest BCUT2D eigenvalue weighted by atomic mass is 10.1. The number of methoxy groups -OCH3 is 1. The molecule has 0 saturated heterocycles. The largest absolute Gasteiger partial charge is 0.497 e. The minimum Gasteiger partial charge on any atom is -0.497 e. The molecular weight excluding hydrogens is 300 g/mol. The van der Waals surface area contributed by atoms with Gasteiger partial charge in [0.2, 0.25) is 0 Å². The topological polar surface area (TPSA) is 94.6 Å². The highest BCUT2D eigenvalue weighted by atomic mass is 16.5. The maximum Gasteiger partial charge on any atom is 0.337 e. The molecule has 0 saturated carbocycles. The van der Waals surface area contributed by atoms with Crippen LogP contribution in [0.3, 0.4) is 0 Å². The van der Waals surface area contributed by atoms with Gasteiger partial charge in [0.15, 0.2) is 5.76 Å². The van der Waals surface area contributed by atoms with E-state index in [0.717, 1.165) is 6.07 Å². The zero-order valence-corrected chi connectivity index (χ0v) is 12.8. The molecule has 0 bridgehead atoms. The first-order chi connectivity index (χ1) is 11.0. The van der Waals surface area contributed by atoms with Gasteiger partial charge in [-0.05, 0) is 26.0 Å². The molecule has 3 aromatic rings. The first-order valence-electron chi connectivity index (χ1n) is 6.85. The van der Waals surface area contributed by atoms with E-state index in [1.807, 2.05) is 0 Å². The van der Waals surface area contributed by atoms with E-state index in [4.69, 9.17) is 13.7 Å². The van der Waals surface area contributed by atoms with E-state index >= 15 is 0 Å². The van der Waals surface area contributed by atoms with Crippen molar-refractivity contribution in [1.82, 2.24) is 5.16 Å². The Kier molecular flexibility index (Phi) is 3.61. The van der Waals surface area contributed by atoms with Crippen molar-refractivity contribution in [3.63, 3.8) is 0 Å². The molecule has 0 aliphatic carbocycles. The summed E-state index contributed by atoms with van der Waals surface area (Å²) >= 11 is 0. The standard InChI is InChI=1S/C16H14N2O5/c1-8-15(9(2)23-18-8)17-16(20)12-7-14(19)22-13-6-10(21-3)4-5-11(12)13/h4-7H,1-3H3,(H,17,20). The van der Waals surface area contributed by atoms with Crippen molar-refractivity contribution in [3.05, 3.63) is 51.7 Å². The third-order valence-electron chi connectivity index (χ3n) is 3.47. The van der Waals surface area contributed by atoms with E-state index in [-0.39, 0.29) is 11.1 Å². The lowest BCUT2D eigenvalue weighted by molar-refractivity contribution is 0.102. The molecule has 23 heavy (non-hydrogen) atoms. The number of nitrogens with zero attached hydrogens (tertiary/aromatic N) is 1. The molecular formula is C16H14N2O5. The molecule has 0 spiro atoms. The Labute approximate surface area is 130 Å². The summed E-state index contributed by atoms with van der Waals surface area (Å²) in [6.07, 6.45) is 0. The van der Waals surface area contributed by atoms with Crippen LogP contribution >= 0.6 is 0 Å². The second kappa shape index (κ2) is 5.60. The van der Waals surface area contributed by atoms with Gasteiger partial charge < -0.3 is 19.0 Å². The van der Waals surface area contributed by atoms with Crippen molar-refractivity contribution in [2.45, 2.75) is 13.8 Å². The summed E-state index contributed by atoms with van der Waals surface area (Å²) in [5, 5.41) is 7.00. The Morgan fingerprint density at radius 3 is 2.70 bits per heavy atom. The molecule has 0 radical (unpaired) electrons. The third kappa shape index (κ3) is 2.68. The van der Waals surface area contributed by atoms with Crippen molar-refractivity contribution in [2.75, 3.05) is 12.4 Å². The van der Waals surface area contributed by atoms with Crippen molar-refractivity contribution < 1.29 is 18.5 Å². The smallest absolute Gasteiger partial charge is 0.337 e. The van der Waals surface area contributed by atoms with E-state index in [9.17, 15) is 9.59 Å². The summed E-state index contributed by atoms with van der Waals surface area (Å²) in [6.45, 7) is 3.41. The van der Waals surface area contributed by atoms with Crippen LogP contribution in [0.5, 0.6) is 5.75 Å². The Balaban J connectivity index is 2.08. The number of fused-ring (bicyclic) bond motifs is 1. The molecule has 0 aliphatic rings. The van der Waals surface area contributed by atoms with Crippen molar-refractivity contribution >= 4 is 22.6 Å². The maximum atomic E-state index is 12.5. The number of carbonyl (C=O) groups is 1. The molecule has 0 aliphatic heterocycles. The number of hydrogen-bond acceptors (Lipinski definition) is 6. The van der Waals surface area contributed by atoms with E-state index in [1.165, 1.54) is 7.11 Å². The zero-order chi connectivity index (χ0) is 16.6. The fraction of sp³-hybridized carbons (Fsp3) is 0.188. The lowest BCUT2D eigenvalue weighted by Crippen LogP contribution is -2.16. The van der Waals surface area contributed by atoms with Crippen molar-refractivity contribution in [3.8, 4) is 5.75 Å². The maximum absolute atomic E-state index is 12.5. The zero-order valence-electron chi connectivity index (χ0n) is 12.8. The Hall–Kier alpha value is -3.09. The van der Waals surface area contributed by atoms with Gasteiger partial charge in [0.05, 0.1) is 12.7 Å². The SMILES string of the molecule is COc1ccc2c(C(=O)Nc3c(C)noc3C)cc(=O)oc2c1. The Morgan fingerprint density at radius 1 is 1.26 bits per heavy atom. The van der Waals surface area contributed by atoms with Gasteiger partial charge in [0.25, 0.3) is 5.91 Å². The van der Waals surface area contributed by atoms with Crippen LogP contribution in [0.2, 0.25) is 0 Å². The minimum atomic E-state index is -0.616. The van der Waals surface area contributed by atoms with Crippen LogP contribution < -0.4 is 15.7 Å². The molecule has 1 N–H and O–H groups in total. The van der Waals surface area contributed by atoms with Gasteiger partial charge in [-0.15, -0.1) is 0 Å². The Bertz CT molecular complexity index is 935. The van der Waals surface area contributed by atoms with E-state index in [2.05, 4.69) is 10.5 Å². The highest BCUT2D eigenvalue weighted by Gasteiger charge is 2.17. The minimum absolute atomic E-state index is 0.207. The average molecular weight is 314 g/mol. The summed E-state index contributed by atoms with van der Waals surface area (Å²) in [5.41, 5.74) is 0.920. The molecule has 0 unspecified atom stereocenters. The molecule has 3 rings (SSSR count). The highest BCUT2D eigenvalue weighted by molar-refractivity contribution is 6.12. The number of aromatic nitrogens is 1. The van der Waals surface area contributed by atoms with E-state index in [0.29, 0.717) is 28.3 Å². The molecule has 7 nitrogen and oxygen atoms in total. The van der Waals surface area contributed by atoms with Gasteiger partial charge in [-0.3, -0.25) is 4.79 Å². The fourth-order valence-electron chi connectivity index (χ4n) is 2.30.